The van der Waals surface area contributed by atoms with Gasteiger partial charge in [0.1, 0.15) is 11.4 Å². The summed E-state index contributed by atoms with van der Waals surface area (Å²) in [6, 6.07) is 1.14. The molecule has 10 heteroatoms. The molecule has 156 valence electrons. The van der Waals surface area contributed by atoms with Crippen molar-refractivity contribution in [2.45, 2.75) is 6.92 Å². The van der Waals surface area contributed by atoms with Crippen molar-refractivity contribution < 1.29 is 18.7 Å². The second-order valence-corrected chi connectivity index (χ2v) is 7.50. The van der Waals surface area contributed by atoms with Gasteiger partial charge >= 0.3 is 5.97 Å². The number of carbonyl (C=O) groups is 2. The minimum absolute atomic E-state index is 0.00429. The van der Waals surface area contributed by atoms with Crippen LogP contribution in [0.2, 0.25) is 0 Å². The summed E-state index contributed by atoms with van der Waals surface area (Å²) in [7, 11) is 5.97. The Kier molecular flexibility index (Phi) is 6.19. The van der Waals surface area contributed by atoms with Crippen LogP contribution in [0.15, 0.2) is 17.1 Å². The molecule has 2 aromatic rings. The van der Waals surface area contributed by atoms with Crippen LogP contribution in [0.3, 0.4) is 0 Å². The van der Waals surface area contributed by atoms with Gasteiger partial charge in [-0.1, -0.05) is 0 Å². The summed E-state index contributed by atoms with van der Waals surface area (Å²) in [4.78, 5) is 40.7. The largest absolute Gasteiger partial charge is 0.462 e. The van der Waals surface area contributed by atoms with Crippen molar-refractivity contribution in [1.29, 1.82) is 0 Å². The van der Waals surface area contributed by atoms with Gasteiger partial charge in [-0.05, 0) is 20.0 Å². The Morgan fingerprint density at radius 3 is 2.59 bits per heavy atom. The van der Waals surface area contributed by atoms with E-state index in [1.807, 2.05) is 11.9 Å². The van der Waals surface area contributed by atoms with Crippen LogP contribution in [-0.4, -0.2) is 68.8 Å². The molecule has 1 fully saturated rings. The summed E-state index contributed by atoms with van der Waals surface area (Å²) in [5, 5.41) is 1.64. The summed E-state index contributed by atoms with van der Waals surface area (Å²) in [6.07, 6.45) is 1.80. The lowest BCUT2D eigenvalue weighted by molar-refractivity contribution is -0.108. The van der Waals surface area contributed by atoms with Crippen LogP contribution in [0.1, 0.15) is 17.3 Å². The van der Waals surface area contributed by atoms with E-state index in [4.69, 9.17) is 4.74 Å². The molecular weight excluding hydrogens is 398 g/mol. The Morgan fingerprint density at radius 1 is 1.34 bits per heavy atom. The standard InChI is InChI=1S/C19H24FN4O4P/c1-4-28-19(27)13-10-24(22(3)11-25)15-12(17(13)26)9-14(20)16(18(15)29)23-7-5-21(2)6-8-23/h9-11H,4-8,29H2,1-3H3. The van der Waals surface area contributed by atoms with Crippen molar-refractivity contribution in [3.8, 4) is 0 Å². The van der Waals surface area contributed by atoms with Crippen LogP contribution in [-0.2, 0) is 9.53 Å². The first kappa shape index (κ1) is 21.2. The molecule has 29 heavy (non-hydrogen) atoms. The summed E-state index contributed by atoms with van der Waals surface area (Å²) < 4.78 is 21.4. The third-order valence-electron chi connectivity index (χ3n) is 5.04. The zero-order valence-electron chi connectivity index (χ0n) is 16.6. The van der Waals surface area contributed by atoms with Gasteiger partial charge in [0.05, 0.1) is 23.2 Å². The van der Waals surface area contributed by atoms with Crippen LogP contribution in [0.4, 0.5) is 10.1 Å². The Labute approximate surface area is 170 Å². The number of carbonyl (C=O) groups excluding carboxylic acids is 2. The maximum atomic E-state index is 15.1. The molecule has 2 heterocycles. The molecule has 1 amide bonds. The molecule has 3 rings (SSSR count). The second-order valence-electron chi connectivity index (χ2n) is 6.92. The molecule has 1 unspecified atom stereocenters. The minimum Gasteiger partial charge on any atom is -0.462 e. The Morgan fingerprint density at radius 2 is 2.00 bits per heavy atom. The predicted octanol–water partition coefficient (Wildman–Crippen LogP) is 0.294. The fourth-order valence-electron chi connectivity index (χ4n) is 3.47. The number of nitrogens with zero attached hydrogens (tertiary/aromatic N) is 4. The summed E-state index contributed by atoms with van der Waals surface area (Å²) >= 11 is 0. The fourth-order valence-corrected chi connectivity index (χ4v) is 4.07. The number of benzene rings is 1. The Hall–Kier alpha value is -2.51. The molecule has 8 nitrogen and oxygen atoms in total. The summed E-state index contributed by atoms with van der Waals surface area (Å²) in [6.45, 7) is 4.54. The van der Waals surface area contributed by atoms with E-state index in [1.165, 1.54) is 22.9 Å². The van der Waals surface area contributed by atoms with Crippen LogP contribution < -0.4 is 20.6 Å². The van der Waals surface area contributed by atoms with Gasteiger partial charge in [0.15, 0.2) is 0 Å². The third-order valence-corrected chi connectivity index (χ3v) is 5.59. The molecule has 0 saturated carbocycles. The number of rotatable bonds is 5. The first-order valence-corrected chi connectivity index (χ1v) is 9.84. The lowest BCUT2D eigenvalue weighted by atomic mass is 10.1. The van der Waals surface area contributed by atoms with Gasteiger partial charge < -0.3 is 14.5 Å². The number of halogens is 1. The number of likely N-dealkylation sites (N-methyl/N-ethyl adjacent to an activating group) is 1. The normalized spacial score (nSPS) is 14.9. The van der Waals surface area contributed by atoms with Crippen LogP contribution in [0.25, 0.3) is 10.9 Å². The molecule has 0 radical (unpaired) electrons. The zero-order valence-corrected chi connectivity index (χ0v) is 17.8. The van der Waals surface area contributed by atoms with Gasteiger partial charge in [0.2, 0.25) is 11.8 Å². The van der Waals surface area contributed by atoms with E-state index in [2.05, 4.69) is 14.1 Å². The molecule has 1 aliphatic rings. The van der Waals surface area contributed by atoms with E-state index in [9.17, 15) is 14.4 Å². The maximum absolute atomic E-state index is 15.1. The molecule has 1 atom stereocenters. The first-order chi connectivity index (χ1) is 13.8. The second kappa shape index (κ2) is 8.47. The maximum Gasteiger partial charge on any atom is 0.343 e. The van der Waals surface area contributed by atoms with E-state index < -0.39 is 17.2 Å². The van der Waals surface area contributed by atoms with Crippen molar-refractivity contribution in [2.75, 3.05) is 56.8 Å². The smallest absolute Gasteiger partial charge is 0.343 e. The van der Waals surface area contributed by atoms with E-state index in [0.29, 0.717) is 36.0 Å². The number of hydrogen-bond donors (Lipinski definition) is 0. The molecule has 1 aliphatic heterocycles. The Balaban J connectivity index is 2.30. The van der Waals surface area contributed by atoms with E-state index >= 15 is 4.39 Å². The van der Waals surface area contributed by atoms with Gasteiger partial charge in [0.25, 0.3) is 0 Å². The number of hydrogen-bond acceptors (Lipinski definition) is 6. The van der Waals surface area contributed by atoms with Gasteiger partial charge in [-0.3, -0.25) is 19.3 Å². The molecule has 1 aromatic carbocycles. The van der Waals surface area contributed by atoms with Gasteiger partial charge in [-0.25, -0.2) is 9.18 Å². The highest BCUT2D eigenvalue weighted by atomic mass is 31.0. The molecule has 1 aromatic heterocycles. The van der Waals surface area contributed by atoms with Crippen molar-refractivity contribution in [3.05, 3.63) is 33.9 Å². The lowest BCUT2D eigenvalue weighted by Crippen LogP contribution is -2.46. The SMILES string of the molecule is CCOC(=O)c1cn(N(C)C=O)c2c(P)c(N3CCN(C)CC3)c(F)cc2c1=O. The van der Waals surface area contributed by atoms with Gasteiger partial charge in [0, 0.05) is 44.7 Å². The highest BCUT2D eigenvalue weighted by Crippen LogP contribution is 2.26. The highest BCUT2D eigenvalue weighted by molar-refractivity contribution is 7.29. The third kappa shape index (κ3) is 3.84. The number of anilines is 1. The van der Waals surface area contributed by atoms with Gasteiger partial charge in [-0.2, -0.15) is 0 Å². The van der Waals surface area contributed by atoms with E-state index in [-0.39, 0.29) is 17.6 Å². The topological polar surface area (TPSA) is 75.1 Å². The fraction of sp³-hybridized carbons (Fsp3) is 0.421. The molecule has 0 aliphatic carbocycles. The van der Waals surface area contributed by atoms with E-state index in [0.717, 1.165) is 19.2 Å². The molecule has 0 N–H and O–H groups in total. The van der Waals surface area contributed by atoms with Gasteiger partial charge in [-0.15, -0.1) is 9.24 Å². The Bertz CT molecular complexity index is 1020. The summed E-state index contributed by atoms with van der Waals surface area (Å²) in [5.74, 6) is -1.37. The van der Waals surface area contributed by atoms with Crippen molar-refractivity contribution >= 4 is 43.5 Å². The van der Waals surface area contributed by atoms with Crippen LogP contribution in [0.5, 0.6) is 0 Å². The number of aromatic nitrogens is 1. The minimum atomic E-state index is -0.818. The number of piperazine rings is 1. The van der Waals surface area contributed by atoms with Crippen molar-refractivity contribution in [2.24, 2.45) is 0 Å². The predicted molar refractivity (Wildman–Crippen MR) is 113 cm³/mol. The lowest BCUT2D eigenvalue weighted by Gasteiger charge is -2.35. The molecular formula is C19H24FN4O4P. The number of amides is 1. The number of fused-ring (bicyclic) bond motifs is 1. The zero-order chi connectivity index (χ0) is 21.3. The van der Waals surface area contributed by atoms with Crippen molar-refractivity contribution in [1.82, 2.24) is 9.58 Å². The highest BCUT2D eigenvalue weighted by Gasteiger charge is 2.26. The number of ether oxygens (including phenoxy) is 1. The van der Waals surface area contributed by atoms with E-state index in [1.54, 1.807) is 6.92 Å². The van der Waals surface area contributed by atoms with Crippen molar-refractivity contribution in [3.63, 3.8) is 0 Å². The quantitative estimate of drug-likeness (QED) is 0.392. The summed E-state index contributed by atoms with van der Waals surface area (Å²) in [5.41, 5.74) is -0.185. The molecule has 1 saturated heterocycles. The molecule has 0 spiro atoms. The van der Waals surface area contributed by atoms with Crippen LogP contribution >= 0.6 is 9.24 Å². The molecule has 0 bridgehead atoms. The average molecular weight is 422 g/mol. The monoisotopic (exact) mass is 422 g/mol. The first-order valence-electron chi connectivity index (χ1n) is 9.26. The number of pyridine rings is 1. The average Bonchev–Trinajstić information content (AvgIpc) is 2.69. The van der Waals surface area contributed by atoms with Crippen LogP contribution in [0, 0.1) is 5.82 Å². The number of esters is 1.